The molecule has 14 heteroatoms. The summed E-state index contributed by atoms with van der Waals surface area (Å²) in [6.45, 7) is 10.1. The third kappa shape index (κ3) is 17.0. The first-order valence-electron chi connectivity index (χ1n) is 9.83. The van der Waals surface area contributed by atoms with E-state index in [0.29, 0.717) is 6.04 Å². The van der Waals surface area contributed by atoms with Gasteiger partial charge in [0.25, 0.3) is 0 Å². The van der Waals surface area contributed by atoms with Crippen LogP contribution >= 0.6 is 15.6 Å². The summed E-state index contributed by atoms with van der Waals surface area (Å²) in [6.07, 6.45) is 4.22. The number of phosphoric acid groups is 2. The van der Waals surface area contributed by atoms with Gasteiger partial charge in [-0.1, -0.05) is 13.8 Å². The zero-order chi connectivity index (χ0) is 24.9. The summed E-state index contributed by atoms with van der Waals surface area (Å²) in [5, 5.41) is 4.70. The molecule has 0 amide bonds. The summed E-state index contributed by atoms with van der Waals surface area (Å²) in [6, 6.07) is 8.33. The number of nitrogen functional groups attached to an aromatic ring is 1. The van der Waals surface area contributed by atoms with Gasteiger partial charge in [-0.15, -0.1) is 0 Å². The Morgan fingerprint density at radius 2 is 1.56 bits per heavy atom. The Morgan fingerprint density at radius 3 is 2.06 bits per heavy atom. The normalized spacial score (nSPS) is 12.4. The lowest BCUT2D eigenvalue weighted by molar-refractivity contribution is 0.272. The van der Waals surface area contributed by atoms with Crippen molar-refractivity contribution >= 4 is 37.9 Å². The Labute approximate surface area is 187 Å². The largest absolute Gasteiger partial charge is 0.466 e. The topological polar surface area (TPSA) is 210 Å². The first-order valence-corrected chi connectivity index (χ1v) is 13.0. The molecule has 1 heterocycles. The van der Waals surface area contributed by atoms with Gasteiger partial charge in [0, 0.05) is 29.0 Å². The van der Waals surface area contributed by atoms with Crippen LogP contribution in [0.1, 0.15) is 33.6 Å². The van der Waals surface area contributed by atoms with Crippen LogP contribution in [-0.4, -0.2) is 64.9 Å². The molecule has 2 aromatic rings. The molecule has 1 aromatic carbocycles. The van der Waals surface area contributed by atoms with Gasteiger partial charge < -0.3 is 45.3 Å². The van der Waals surface area contributed by atoms with Crippen molar-refractivity contribution in [3.63, 3.8) is 0 Å². The van der Waals surface area contributed by atoms with Crippen molar-refractivity contribution in [3.05, 3.63) is 30.5 Å². The van der Waals surface area contributed by atoms with Gasteiger partial charge in [0.1, 0.15) is 0 Å². The maximum Gasteiger partial charge on any atom is 0.466 e. The van der Waals surface area contributed by atoms with E-state index in [4.69, 9.17) is 44.2 Å². The molecule has 1 aromatic heterocycles. The fourth-order valence-corrected chi connectivity index (χ4v) is 2.79. The number of fused-ring (bicyclic) bond motifs is 1. The SMILES string of the molecule is CCN(CC)CCCC(C)Nc1ccnc2ccc(N)cc12.O=P(O)(O)O.O=P(O)(O)O. The van der Waals surface area contributed by atoms with Crippen molar-refractivity contribution < 1.29 is 38.5 Å². The van der Waals surface area contributed by atoms with Crippen molar-refractivity contribution in [2.45, 2.75) is 39.7 Å². The molecule has 0 saturated heterocycles. The number of nitrogens with one attached hydrogen (secondary N) is 1. The van der Waals surface area contributed by atoms with Crippen LogP contribution in [0, 0.1) is 0 Å². The molecule has 0 spiro atoms. The van der Waals surface area contributed by atoms with E-state index in [9.17, 15) is 0 Å². The van der Waals surface area contributed by atoms with E-state index in [1.54, 1.807) is 0 Å². The maximum atomic E-state index is 8.88. The number of hydrogen-bond donors (Lipinski definition) is 8. The van der Waals surface area contributed by atoms with Crippen molar-refractivity contribution in [2.24, 2.45) is 0 Å². The summed E-state index contributed by atoms with van der Waals surface area (Å²) in [5.74, 6) is 0. The molecule has 0 aliphatic carbocycles. The van der Waals surface area contributed by atoms with E-state index in [1.807, 2.05) is 30.5 Å². The molecular formula is C18H34N4O8P2. The second-order valence-electron chi connectivity index (χ2n) is 6.88. The van der Waals surface area contributed by atoms with Crippen LogP contribution in [-0.2, 0) is 9.13 Å². The third-order valence-corrected chi connectivity index (χ3v) is 4.17. The van der Waals surface area contributed by atoms with Crippen molar-refractivity contribution in [3.8, 4) is 0 Å². The van der Waals surface area contributed by atoms with Gasteiger partial charge in [0.2, 0.25) is 0 Å². The van der Waals surface area contributed by atoms with Gasteiger partial charge in [0.15, 0.2) is 0 Å². The second kappa shape index (κ2) is 14.5. The van der Waals surface area contributed by atoms with Crippen molar-refractivity contribution in [1.29, 1.82) is 0 Å². The molecule has 1 unspecified atom stereocenters. The van der Waals surface area contributed by atoms with Gasteiger partial charge in [-0.25, -0.2) is 9.13 Å². The lowest BCUT2D eigenvalue weighted by Crippen LogP contribution is -2.25. The number of nitrogens with zero attached hydrogens (tertiary/aromatic N) is 2. The van der Waals surface area contributed by atoms with E-state index in [1.165, 1.54) is 13.0 Å². The minimum atomic E-state index is -4.64. The van der Waals surface area contributed by atoms with Crippen LogP contribution in [0.15, 0.2) is 30.5 Å². The third-order valence-electron chi connectivity index (χ3n) is 4.17. The molecule has 0 aliphatic heterocycles. The Kier molecular flexibility index (Phi) is 13.8. The van der Waals surface area contributed by atoms with Crippen LogP contribution in [0.3, 0.4) is 0 Å². The summed E-state index contributed by atoms with van der Waals surface area (Å²) < 4.78 is 17.8. The molecule has 12 nitrogen and oxygen atoms in total. The highest BCUT2D eigenvalue weighted by molar-refractivity contribution is 7.45. The molecule has 184 valence electrons. The maximum absolute atomic E-state index is 8.88. The van der Waals surface area contributed by atoms with Crippen molar-refractivity contribution in [2.75, 3.05) is 30.7 Å². The highest BCUT2D eigenvalue weighted by Crippen LogP contribution is 2.26. The minimum absolute atomic E-state index is 0.433. The highest BCUT2D eigenvalue weighted by Gasteiger charge is 2.07. The molecule has 9 N–H and O–H groups in total. The predicted molar refractivity (Wildman–Crippen MR) is 125 cm³/mol. The van der Waals surface area contributed by atoms with Crippen molar-refractivity contribution in [1.82, 2.24) is 9.88 Å². The van der Waals surface area contributed by atoms with E-state index in [2.05, 4.69) is 36.0 Å². The van der Waals surface area contributed by atoms with Gasteiger partial charge in [0.05, 0.1) is 5.52 Å². The molecule has 0 saturated carbocycles. The molecule has 0 fully saturated rings. The fraction of sp³-hybridized carbons (Fsp3) is 0.500. The average Bonchev–Trinajstić information content (AvgIpc) is 2.63. The number of benzene rings is 1. The number of rotatable bonds is 8. The molecule has 0 radical (unpaired) electrons. The average molecular weight is 496 g/mol. The van der Waals surface area contributed by atoms with Gasteiger partial charge in [-0.05, 0) is 63.7 Å². The second-order valence-corrected chi connectivity index (χ2v) is 8.93. The summed E-state index contributed by atoms with van der Waals surface area (Å²) in [5.41, 5.74) is 8.78. The smallest absolute Gasteiger partial charge is 0.399 e. The summed E-state index contributed by atoms with van der Waals surface area (Å²) in [4.78, 5) is 50.0. The monoisotopic (exact) mass is 496 g/mol. The van der Waals surface area contributed by atoms with Crippen LogP contribution in [0.5, 0.6) is 0 Å². The Morgan fingerprint density at radius 1 is 1.03 bits per heavy atom. The minimum Gasteiger partial charge on any atom is -0.399 e. The van der Waals surface area contributed by atoms with Crippen LogP contribution in [0.2, 0.25) is 0 Å². The Hall–Kier alpha value is -1.59. The fourth-order valence-electron chi connectivity index (χ4n) is 2.79. The lowest BCUT2D eigenvalue weighted by Gasteiger charge is -2.20. The molecule has 2 rings (SSSR count). The first-order chi connectivity index (χ1) is 14.6. The Bertz CT molecular complexity index is 865. The molecule has 1 atom stereocenters. The summed E-state index contributed by atoms with van der Waals surface area (Å²) in [7, 11) is -9.28. The molecule has 0 aliphatic rings. The number of aromatic nitrogens is 1. The number of anilines is 2. The van der Waals surface area contributed by atoms with Crippen LogP contribution < -0.4 is 11.1 Å². The predicted octanol–water partition coefficient (Wildman–Crippen LogP) is 1.88. The van der Waals surface area contributed by atoms with Gasteiger partial charge >= 0.3 is 15.6 Å². The standard InChI is InChI=1S/C18H28N4.2H3O4P/c1-4-22(5-2)12-6-7-14(3)21-18-10-11-20-17-9-8-15(19)13-16(17)18;2*1-5(2,3)4/h8-11,13-14H,4-7,12,19H2,1-3H3,(H,20,21);2*(H3,1,2,3,4). The lowest BCUT2D eigenvalue weighted by atomic mass is 10.1. The number of hydrogen-bond acceptors (Lipinski definition) is 6. The highest BCUT2D eigenvalue weighted by atomic mass is 31.2. The molecule has 32 heavy (non-hydrogen) atoms. The van der Waals surface area contributed by atoms with E-state index in [-0.39, 0.29) is 0 Å². The Balaban J connectivity index is 0.000000805. The number of nitrogens with two attached hydrogens (primary N) is 1. The van der Waals surface area contributed by atoms with Crippen LogP contribution in [0.4, 0.5) is 11.4 Å². The van der Waals surface area contributed by atoms with E-state index < -0.39 is 15.6 Å². The molecule has 0 bridgehead atoms. The quantitative estimate of drug-likeness (QED) is 0.194. The zero-order valence-corrected chi connectivity index (χ0v) is 20.2. The van der Waals surface area contributed by atoms with E-state index in [0.717, 1.165) is 41.8 Å². The van der Waals surface area contributed by atoms with Crippen LogP contribution in [0.25, 0.3) is 10.9 Å². The molecular weight excluding hydrogens is 462 g/mol. The van der Waals surface area contributed by atoms with E-state index >= 15 is 0 Å². The zero-order valence-electron chi connectivity index (χ0n) is 18.4. The van der Waals surface area contributed by atoms with Gasteiger partial charge in [-0.2, -0.15) is 0 Å². The number of pyridine rings is 1. The summed E-state index contributed by atoms with van der Waals surface area (Å²) >= 11 is 0. The first kappa shape index (κ1) is 30.4. The van der Waals surface area contributed by atoms with Gasteiger partial charge in [-0.3, -0.25) is 4.98 Å².